The van der Waals surface area contributed by atoms with E-state index < -0.39 is 0 Å². The summed E-state index contributed by atoms with van der Waals surface area (Å²) in [5.41, 5.74) is 4.02. The summed E-state index contributed by atoms with van der Waals surface area (Å²) in [6.45, 7) is 2.38. The van der Waals surface area contributed by atoms with Crippen molar-refractivity contribution in [1.29, 1.82) is 0 Å². The molecule has 1 heterocycles. The summed E-state index contributed by atoms with van der Waals surface area (Å²) in [5.74, 6) is -0.228. The van der Waals surface area contributed by atoms with E-state index in [1.165, 1.54) is 5.56 Å². The smallest absolute Gasteiger partial charge is 0.243 e. The average Bonchev–Trinajstić information content (AvgIpc) is 3.04. The summed E-state index contributed by atoms with van der Waals surface area (Å²) in [6.07, 6.45) is 0.937. The van der Waals surface area contributed by atoms with Gasteiger partial charge in [-0.05, 0) is 37.1 Å². The Balaban J connectivity index is 1.52. The number of fused-ring (bicyclic) bond motifs is 1. The first-order valence-corrected chi connectivity index (χ1v) is 9.46. The standard InChI is InChI=1S/C24H22N2O2/c1-17-15-19-11-5-8-14-22(19)26(17)16-23(27)25-21-13-7-6-12-20(21)24(28)18-9-3-2-4-10-18/h2-14,17H,15-16H2,1H3,(H,25,27). The molecule has 140 valence electrons. The van der Waals surface area contributed by atoms with Crippen molar-refractivity contribution in [2.75, 3.05) is 16.8 Å². The number of para-hydroxylation sites is 2. The topological polar surface area (TPSA) is 49.4 Å². The highest BCUT2D eigenvalue weighted by molar-refractivity contribution is 6.14. The minimum atomic E-state index is -0.128. The molecule has 0 aliphatic carbocycles. The van der Waals surface area contributed by atoms with Crippen molar-refractivity contribution in [3.63, 3.8) is 0 Å². The lowest BCUT2D eigenvalue weighted by Crippen LogP contribution is -2.37. The molecule has 28 heavy (non-hydrogen) atoms. The lowest BCUT2D eigenvalue weighted by molar-refractivity contribution is -0.115. The number of amides is 1. The van der Waals surface area contributed by atoms with E-state index in [1.807, 2.05) is 42.5 Å². The third kappa shape index (κ3) is 3.54. The van der Waals surface area contributed by atoms with Crippen molar-refractivity contribution in [1.82, 2.24) is 0 Å². The van der Waals surface area contributed by atoms with Gasteiger partial charge in [-0.25, -0.2) is 0 Å². The molecule has 0 saturated heterocycles. The van der Waals surface area contributed by atoms with Gasteiger partial charge in [-0.2, -0.15) is 0 Å². The summed E-state index contributed by atoms with van der Waals surface area (Å²) in [6, 6.07) is 24.7. The predicted octanol–water partition coefficient (Wildman–Crippen LogP) is 4.31. The van der Waals surface area contributed by atoms with Gasteiger partial charge in [0.05, 0.1) is 12.2 Å². The van der Waals surface area contributed by atoms with Gasteiger partial charge in [0.15, 0.2) is 5.78 Å². The average molecular weight is 370 g/mol. The maximum atomic E-state index is 12.8. The number of anilines is 2. The van der Waals surface area contributed by atoms with Crippen LogP contribution in [0, 0.1) is 0 Å². The highest BCUT2D eigenvalue weighted by Crippen LogP contribution is 2.31. The summed E-state index contributed by atoms with van der Waals surface area (Å²) < 4.78 is 0. The molecule has 0 fully saturated rings. The Hall–Kier alpha value is -3.40. The fourth-order valence-electron chi connectivity index (χ4n) is 3.75. The highest BCUT2D eigenvalue weighted by Gasteiger charge is 2.27. The van der Waals surface area contributed by atoms with Crippen LogP contribution in [-0.2, 0) is 11.2 Å². The van der Waals surface area contributed by atoms with E-state index in [4.69, 9.17) is 0 Å². The number of ketones is 1. The Bertz CT molecular complexity index is 1010. The minimum absolute atomic E-state index is 0.101. The zero-order valence-corrected chi connectivity index (χ0v) is 15.8. The number of nitrogens with one attached hydrogen (secondary N) is 1. The van der Waals surface area contributed by atoms with Crippen molar-refractivity contribution in [3.05, 3.63) is 95.6 Å². The lowest BCUT2D eigenvalue weighted by atomic mass is 10.0. The van der Waals surface area contributed by atoms with Crippen molar-refractivity contribution < 1.29 is 9.59 Å². The Morgan fingerprint density at radius 2 is 1.61 bits per heavy atom. The van der Waals surface area contributed by atoms with Gasteiger partial charge in [0, 0.05) is 22.9 Å². The van der Waals surface area contributed by atoms with Gasteiger partial charge >= 0.3 is 0 Å². The number of carbonyl (C=O) groups is 2. The maximum absolute atomic E-state index is 12.8. The molecule has 1 unspecified atom stereocenters. The van der Waals surface area contributed by atoms with Crippen LogP contribution in [0.1, 0.15) is 28.4 Å². The van der Waals surface area contributed by atoms with Crippen molar-refractivity contribution in [2.45, 2.75) is 19.4 Å². The quantitative estimate of drug-likeness (QED) is 0.681. The molecule has 0 bridgehead atoms. The Morgan fingerprint density at radius 3 is 2.43 bits per heavy atom. The van der Waals surface area contributed by atoms with Gasteiger partial charge in [0.25, 0.3) is 0 Å². The van der Waals surface area contributed by atoms with Crippen LogP contribution < -0.4 is 10.2 Å². The highest BCUT2D eigenvalue weighted by atomic mass is 16.2. The predicted molar refractivity (Wildman–Crippen MR) is 112 cm³/mol. The van der Waals surface area contributed by atoms with Crippen LogP contribution in [-0.4, -0.2) is 24.3 Å². The number of benzene rings is 3. The fraction of sp³-hybridized carbons (Fsp3) is 0.167. The van der Waals surface area contributed by atoms with Crippen molar-refractivity contribution >= 4 is 23.1 Å². The molecule has 3 aromatic rings. The number of hydrogen-bond acceptors (Lipinski definition) is 3. The molecule has 1 amide bonds. The molecular weight excluding hydrogens is 348 g/mol. The number of hydrogen-bond donors (Lipinski definition) is 1. The van der Waals surface area contributed by atoms with Crippen LogP contribution >= 0.6 is 0 Å². The Morgan fingerprint density at radius 1 is 0.929 bits per heavy atom. The van der Waals surface area contributed by atoms with Crippen LogP contribution in [0.2, 0.25) is 0 Å². The Labute approximate surface area is 164 Å². The summed E-state index contributed by atoms with van der Waals surface area (Å²) in [5, 5.41) is 2.94. The van der Waals surface area contributed by atoms with E-state index in [2.05, 4.69) is 29.3 Å². The maximum Gasteiger partial charge on any atom is 0.243 e. The molecule has 4 rings (SSSR count). The van der Waals surface area contributed by atoms with Gasteiger partial charge in [0.2, 0.25) is 5.91 Å². The molecular formula is C24H22N2O2. The van der Waals surface area contributed by atoms with Crippen molar-refractivity contribution in [2.24, 2.45) is 0 Å². The molecule has 1 N–H and O–H groups in total. The number of rotatable bonds is 5. The van der Waals surface area contributed by atoms with Gasteiger partial charge in [-0.15, -0.1) is 0 Å². The molecule has 0 saturated carbocycles. The fourth-order valence-corrected chi connectivity index (χ4v) is 3.75. The number of nitrogens with zero attached hydrogens (tertiary/aromatic N) is 1. The first-order chi connectivity index (χ1) is 13.6. The SMILES string of the molecule is CC1Cc2ccccc2N1CC(=O)Nc1ccccc1C(=O)c1ccccc1. The molecule has 4 heteroatoms. The molecule has 1 aliphatic heterocycles. The first-order valence-electron chi connectivity index (χ1n) is 9.46. The van der Waals surface area contributed by atoms with Crippen LogP contribution in [0.25, 0.3) is 0 Å². The Kier molecular flexibility index (Phi) is 4.94. The number of carbonyl (C=O) groups excluding carboxylic acids is 2. The zero-order chi connectivity index (χ0) is 19.5. The second-order valence-corrected chi connectivity index (χ2v) is 7.10. The van der Waals surface area contributed by atoms with Gasteiger partial charge in [-0.1, -0.05) is 60.7 Å². The lowest BCUT2D eigenvalue weighted by Gasteiger charge is -2.24. The molecule has 0 radical (unpaired) electrons. The van der Waals surface area contributed by atoms with E-state index in [-0.39, 0.29) is 24.3 Å². The van der Waals surface area contributed by atoms with E-state index in [0.717, 1.165) is 12.1 Å². The summed E-state index contributed by atoms with van der Waals surface area (Å²) >= 11 is 0. The van der Waals surface area contributed by atoms with Gasteiger partial charge < -0.3 is 10.2 Å². The summed E-state index contributed by atoms with van der Waals surface area (Å²) in [4.78, 5) is 27.7. The normalized spacial score (nSPS) is 15.2. The first kappa shape index (κ1) is 18.0. The second-order valence-electron chi connectivity index (χ2n) is 7.10. The van der Waals surface area contributed by atoms with E-state index in [9.17, 15) is 9.59 Å². The van der Waals surface area contributed by atoms with Crippen LogP contribution in [0.3, 0.4) is 0 Å². The monoisotopic (exact) mass is 370 g/mol. The van der Waals surface area contributed by atoms with Crippen LogP contribution in [0.4, 0.5) is 11.4 Å². The van der Waals surface area contributed by atoms with Crippen LogP contribution in [0.15, 0.2) is 78.9 Å². The molecule has 0 spiro atoms. The van der Waals surface area contributed by atoms with Crippen LogP contribution in [0.5, 0.6) is 0 Å². The molecule has 4 nitrogen and oxygen atoms in total. The van der Waals surface area contributed by atoms with E-state index in [1.54, 1.807) is 24.3 Å². The minimum Gasteiger partial charge on any atom is -0.359 e. The van der Waals surface area contributed by atoms with Gasteiger partial charge in [0.1, 0.15) is 0 Å². The molecule has 1 aliphatic rings. The zero-order valence-electron chi connectivity index (χ0n) is 15.8. The van der Waals surface area contributed by atoms with E-state index in [0.29, 0.717) is 16.8 Å². The second kappa shape index (κ2) is 7.69. The molecule has 0 aromatic heterocycles. The largest absolute Gasteiger partial charge is 0.359 e. The van der Waals surface area contributed by atoms with Gasteiger partial charge in [-0.3, -0.25) is 9.59 Å². The van der Waals surface area contributed by atoms with Crippen molar-refractivity contribution in [3.8, 4) is 0 Å². The third-order valence-electron chi connectivity index (χ3n) is 5.14. The van der Waals surface area contributed by atoms with E-state index >= 15 is 0 Å². The molecule has 1 atom stereocenters. The molecule has 3 aromatic carbocycles. The third-order valence-corrected chi connectivity index (χ3v) is 5.14. The summed E-state index contributed by atoms with van der Waals surface area (Å²) in [7, 11) is 0.